The monoisotopic (exact) mass is 294 g/mol. The molecular formula is C14H19ClN4O. The SMILES string of the molecule is COc1ncnc2c1nc(CCCl)n2C(C)CC1CC1. The van der Waals surface area contributed by atoms with E-state index >= 15 is 0 Å². The molecule has 1 saturated carbocycles. The molecule has 0 spiro atoms. The number of ether oxygens (including phenoxy) is 1. The summed E-state index contributed by atoms with van der Waals surface area (Å²) in [5.41, 5.74) is 1.59. The van der Waals surface area contributed by atoms with Crippen molar-refractivity contribution in [1.29, 1.82) is 0 Å². The number of aromatic nitrogens is 4. The Kier molecular flexibility index (Phi) is 3.78. The lowest BCUT2D eigenvalue weighted by atomic mass is 10.1. The lowest BCUT2D eigenvalue weighted by Gasteiger charge is -2.16. The Morgan fingerprint density at radius 3 is 2.90 bits per heavy atom. The molecule has 2 aromatic rings. The maximum atomic E-state index is 5.91. The van der Waals surface area contributed by atoms with Crippen LogP contribution in [0.1, 0.15) is 38.1 Å². The average molecular weight is 295 g/mol. The number of methoxy groups -OCH3 is 1. The molecule has 0 amide bonds. The predicted octanol–water partition coefficient (Wildman–Crippen LogP) is 2.98. The molecule has 1 aliphatic rings. The Morgan fingerprint density at radius 1 is 1.45 bits per heavy atom. The van der Waals surface area contributed by atoms with Crippen LogP contribution in [0, 0.1) is 5.92 Å². The van der Waals surface area contributed by atoms with Crippen molar-refractivity contribution in [3.63, 3.8) is 0 Å². The highest BCUT2D eigenvalue weighted by Gasteiger charge is 2.27. The summed E-state index contributed by atoms with van der Waals surface area (Å²) in [6, 6.07) is 0.380. The van der Waals surface area contributed by atoms with Gasteiger partial charge in [0.05, 0.1) is 7.11 Å². The van der Waals surface area contributed by atoms with Crippen LogP contribution in [0.25, 0.3) is 11.2 Å². The summed E-state index contributed by atoms with van der Waals surface area (Å²) in [5.74, 6) is 2.91. The van der Waals surface area contributed by atoms with E-state index < -0.39 is 0 Å². The van der Waals surface area contributed by atoms with Gasteiger partial charge in [0.1, 0.15) is 12.2 Å². The maximum absolute atomic E-state index is 5.91. The van der Waals surface area contributed by atoms with Gasteiger partial charge in [-0.1, -0.05) is 12.8 Å². The third-order valence-corrected chi connectivity index (χ3v) is 4.03. The third kappa shape index (κ3) is 2.46. The molecule has 3 rings (SSSR count). The largest absolute Gasteiger partial charge is 0.479 e. The predicted molar refractivity (Wildman–Crippen MR) is 78.4 cm³/mol. The van der Waals surface area contributed by atoms with Crippen LogP contribution in [0.2, 0.25) is 0 Å². The number of fused-ring (bicyclic) bond motifs is 1. The van der Waals surface area contributed by atoms with E-state index in [4.69, 9.17) is 16.3 Å². The van der Waals surface area contributed by atoms with Crippen LogP contribution < -0.4 is 4.74 Å². The highest BCUT2D eigenvalue weighted by molar-refractivity contribution is 6.17. The Morgan fingerprint density at radius 2 is 2.25 bits per heavy atom. The van der Waals surface area contributed by atoms with Crippen LogP contribution in [0.4, 0.5) is 0 Å². The first-order chi connectivity index (χ1) is 9.74. The number of rotatable bonds is 6. The molecular weight excluding hydrogens is 276 g/mol. The summed E-state index contributed by atoms with van der Waals surface area (Å²) in [6.07, 6.45) is 6.14. The number of nitrogens with zero attached hydrogens (tertiary/aromatic N) is 4. The molecule has 0 saturated heterocycles. The molecule has 0 bridgehead atoms. The standard InChI is InChI=1S/C14H19ClN4O/c1-9(7-10-3-4-10)19-11(5-6-15)18-12-13(19)16-8-17-14(12)20-2/h8-10H,3-7H2,1-2H3. The molecule has 6 heteroatoms. The van der Waals surface area contributed by atoms with Gasteiger partial charge in [-0.3, -0.25) is 0 Å². The maximum Gasteiger partial charge on any atom is 0.245 e. The first-order valence-corrected chi connectivity index (χ1v) is 7.59. The molecule has 2 heterocycles. The van der Waals surface area contributed by atoms with Gasteiger partial charge >= 0.3 is 0 Å². The molecule has 1 fully saturated rings. The average Bonchev–Trinajstić information content (AvgIpc) is 3.17. The summed E-state index contributed by atoms with van der Waals surface area (Å²) in [4.78, 5) is 13.2. The minimum absolute atomic E-state index is 0.380. The lowest BCUT2D eigenvalue weighted by molar-refractivity contribution is 0.401. The van der Waals surface area contributed by atoms with Gasteiger partial charge in [-0.25, -0.2) is 9.97 Å². The van der Waals surface area contributed by atoms with E-state index in [9.17, 15) is 0 Å². The van der Waals surface area contributed by atoms with Crippen LogP contribution in [0.15, 0.2) is 6.33 Å². The van der Waals surface area contributed by atoms with Gasteiger partial charge in [0, 0.05) is 18.3 Å². The molecule has 0 radical (unpaired) electrons. The second kappa shape index (κ2) is 5.56. The van der Waals surface area contributed by atoms with E-state index in [0.29, 0.717) is 17.8 Å². The first-order valence-electron chi connectivity index (χ1n) is 7.06. The second-order valence-corrected chi connectivity index (χ2v) is 5.80. The van der Waals surface area contributed by atoms with Gasteiger partial charge in [-0.2, -0.15) is 4.98 Å². The Labute approximate surface area is 123 Å². The molecule has 1 unspecified atom stereocenters. The second-order valence-electron chi connectivity index (χ2n) is 5.42. The van der Waals surface area contributed by atoms with Crippen LogP contribution in [-0.2, 0) is 6.42 Å². The highest BCUT2D eigenvalue weighted by atomic mass is 35.5. The number of hydrogen-bond donors (Lipinski definition) is 0. The first kappa shape index (κ1) is 13.6. The van der Waals surface area contributed by atoms with Gasteiger partial charge in [-0.15, -0.1) is 11.6 Å². The highest BCUT2D eigenvalue weighted by Crippen LogP contribution is 2.38. The molecule has 1 atom stereocenters. The van der Waals surface area contributed by atoms with Gasteiger partial charge in [0.15, 0.2) is 11.2 Å². The van der Waals surface area contributed by atoms with Gasteiger partial charge in [0.2, 0.25) is 5.88 Å². The molecule has 1 aliphatic carbocycles. The molecule has 5 nitrogen and oxygen atoms in total. The zero-order valence-corrected chi connectivity index (χ0v) is 12.6. The van der Waals surface area contributed by atoms with E-state index in [1.165, 1.54) is 25.6 Å². The van der Waals surface area contributed by atoms with E-state index in [2.05, 4.69) is 26.4 Å². The summed E-state index contributed by atoms with van der Waals surface area (Å²) >= 11 is 5.91. The van der Waals surface area contributed by atoms with Crippen molar-refractivity contribution in [1.82, 2.24) is 19.5 Å². The zero-order chi connectivity index (χ0) is 14.1. The fourth-order valence-corrected chi connectivity index (χ4v) is 2.92. The smallest absolute Gasteiger partial charge is 0.245 e. The minimum Gasteiger partial charge on any atom is -0.479 e. The van der Waals surface area contributed by atoms with Crippen LogP contribution in [0.3, 0.4) is 0 Å². The number of imidazole rings is 1. The number of alkyl halides is 1. The Hall–Kier alpha value is -1.36. The molecule has 108 valence electrons. The van der Waals surface area contributed by atoms with Crippen molar-refractivity contribution in [2.45, 2.75) is 38.6 Å². The van der Waals surface area contributed by atoms with Crippen molar-refractivity contribution in [3.05, 3.63) is 12.2 Å². The number of aryl methyl sites for hydroxylation is 1. The van der Waals surface area contributed by atoms with Crippen LogP contribution in [0.5, 0.6) is 5.88 Å². The molecule has 2 aromatic heterocycles. The van der Waals surface area contributed by atoms with Crippen LogP contribution >= 0.6 is 11.6 Å². The van der Waals surface area contributed by atoms with E-state index in [1.54, 1.807) is 7.11 Å². The molecule has 20 heavy (non-hydrogen) atoms. The van der Waals surface area contributed by atoms with E-state index in [0.717, 1.165) is 29.3 Å². The minimum atomic E-state index is 0.380. The quantitative estimate of drug-likeness (QED) is 0.769. The fourth-order valence-electron chi connectivity index (χ4n) is 2.75. The zero-order valence-electron chi connectivity index (χ0n) is 11.8. The van der Waals surface area contributed by atoms with Gasteiger partial charge < -0.3 is 9.30 Å². The van der Waals surface area contributed by atoms with E-state index in [-0.39, 0.29) is 0 Å². The van der Waals surface area contributed by atoms with Gasteiger partial charge in [-0.05, 0) is 19.3 Å². The van der Waals surface area contributed by atoms with Crippen molar-refractivity contribution < 1.29 is 4.74 Å². The Bertz CT molecular complexity index is 608. The summed E-state index contributed by atoms with van der Waals surface area (Å²) in [5, 5.41) is 0. The molecule has 0 aliphatic heterocycles. The molecule has 0 N–H and O–H groups in total. The number of halogens is 1. The van der Waals surface area contributed by atoms with E-state index in [1.807, 2.05) is 0 Å². The normalized spacial score (nSPS) is 16.6. The Balaban J connectivity index is 2.07. The summed E-state index contributed by atoms with van der Waals surface area (Å²) < 4.78 is 7.50. The fraction of sp³-hybridized carbons (Fsp3) is 0.643. The summed E-state index contributed by atoms with van der Waals surface area (Å²) in [6.45, 7) is 2.23. The number of hydrogen-bond acceptors (Lipinski definition) is 4. The topological polar surface area (TPSA) is 52.8 Å². The lowest BCUT2D eigenvalue weighted by Crippen LogP contribution is -2.11. The third-order valence-electron chi connectivity index (χ3n) is 3.84. The van der Waals surface area contributed by atoms with Gasteiger partial charge in [0.25, 0.3) is 0 Å². The molecule has 0 aromatic carbocycles. The van der Waals surface area contributed by atoms with Crippen molar-refractivity contribution in [3.8, 4) is 5.88 Å². The van der Waals surface area contributed by atoms with Crippen molar-refractivity contribution in [2.24, 2.45) is 5.92 Å². The van der Waals surface area contributed by atoms with Crippen molar-refractivity contribution >= 4 is 22.8 Å². The van der Waals surface area contributed by atoms with Crippen molar-refractivity contribution in [2.75, 3.05) is 13.0 Å². The summed E-state index contributed by atoms with van der Waals surface area (Å²) in [7, 11) is 1.61. The van der Waals surface area contributed by atoms with Crippen LogP contribution in [-0.4, -0.2) is 32.5 Å².